The summed E-state index contributed by atoms with van der Waals surface area (Å²) in [6.07, 6.45) is 0. The summed E-state index contributed by atoms with van der Waals surface area (Å²) in [6.45, 7) is 0.251. The van der Waals surface area contributed by atoms with Gasteiger partial charge in [0, 0.05) is 20.9 Å². The van der Waals surface area contributed by atoms with Crippen LogP contribution in [-0.2, 0) is 6.54 Å². The van der Waals surface area contributed by atoms with Gasteiger partial charge in [-0.25, -0.2) is 4.98 Å². The van der Waals surface area contributed by atoms with E-state index in [0.29, 0.717) is 17.3 Å². The van der Waals surface area contributed by atoms with E-state index in [2.05, 4.69) is 41.4 Å². The highest BCUT2D eigenvalue weighted by atomic mass is 79.9. The number of carbonyl (C=O) groups excluding carboxylic acids is 1. The van der Waals surface area contributed by atoms with E-state index in [1.165, 1.54) is 0 Å². The smallest absolute Gasteiger partial charge is 0.268 e. The van der Waals surface area contributed by atoms with Gasteiger partial charge in [0.15, 0.2) is 5.82 Å². The summed E-state index contributed by atoms with van der Waals surface area (Å²) in [6, 6.07) is 15.1. The molecule has 0 aliphatic heterocycles. The van der Waals surface area contributed by atoms with Gasteiger partial charge in [0.1, 0.15) is 17.3 Å². The van der Waals surface area contributed by atoms with Gasteiger partial charge in [-0.15, -0.1) is 0 Å². The fourth-order valence-corrected chi connectivity index (χ4v) is 3.09. The van der Waals surface area contributed by atoms with E-state index in [9.17, 15) is 4.79 Å². The van der Waals surface area contributed by atoms with Crippen LogP contribution in [0.1, 0.15) is 16.3 Å². The number of aromatic amines is 2. The number of aromatic nitrogens is 4. The number of hydrogen-bond acceptors (Lipinski definition) is 4. The number of methoxy groups -OCH3 is 1. The van der Waals surface area contributed by atoms with Crippen molar-refractivity contribution in [3.8, 4) is 17.1 Å². The largest absolute Gasteiger partial charge is 0.497 e. The number of amides is 1. The maximum Gasteiger partial charge on any atom is 0.268 e. The maximum atomic E-state index is 12.4. The number of carbonyl (C=O) groups is 1. The van der Waals surface area contributed by atoms with E-state index >= 15 is 0 Å². The molecule has 0 aliphatic rings. The SMILES string of the molecule is COc1ccc(-c2n[nH]c(CNC(=O)c3cc4ccc(Br)cc4[nH]3)n2)cc1. The van der Waals surface area contributed by atoms with E-state index in [1.807, 2.05) is 48.5 Å². The summed E-state index contributed by atoms with van der Waals surface area (Å²) in [7, 11) is 1.62. The van der Waals surface area contributed by atoms with E-state index in [4.69, 9.17) is 4.74 Å². The van der Waals surface area contributed by atoms with Crippen molar-refractivity contribution >= 4 is 32.7 Å². The number of benzene rings is 2. The molecule has 0 radical (unpaired) electrons. The first kappa shape index (κ1) is 17.3. The molecule has 2 heterocycles. The molecule has 3 N–H and O–H groups in total. The minimum Gasteiger partial charge on any atom is -0.497 e. The molecule has 0 unspecified atom stereocenters. The molecule has 27 heavy (non-hydrogen) atoms. The summed E-state index contributed by atoms with van der Waals surface area (Å²) in [5, 5.41) is 10.9. The van der Waals surface area contributed by atoms with Gasteiger partial charge in [0.2, 0.25) is 0 Å². The van der Waals surface area contributed by atoms with Crippen molar-refractivity contribution < 1.29 is 9.53 Å². The summed E-state index contributed by atoms with van der Waals surface area (Å²) in [4.78, 5) is 19.9. The number of nitrogens with one attached hydrogen (secondary N) is 3. The zero-order valence-electron chi connectivity index (χ0n) is 14.4. The van der Waals surface area contributed by atoms with E-state index in [1.54, 1.807) is 7.11 Å². The minimum absolute atomic E-state index is 0.204. The van der Waals surface area contributed by atoms with Crippen LogP contribution < -0.4 is 10.1 Å². The lowest BCUT2D eigenvalue weighted by atomic mass is 10.2. The third-order valence-electron chi connectivity index (χ3n) is 4.13. The van der Waals surface area contributed by atoms with Gasteiger partial charge < -0.3 is 15.0 Å². The van der Waals surface area contributed by atoms with Gasteiger partial charge in [-0.2, -0.15) is 5.10 Å². The molecule has 0 atom stereocenters. The van der Waals surface area contributed by atoms with E-state index < -0.39 is 0 Å². The molecule has 2 aromatic carbocycles. The number of H-pyrrole nitrogens is 2. The van der Waals surface area contributed by atoms with Crippen molar-refractivity contribution in [1.29, 1.82) is 0 Å². The van der Waals surface area contributed by atoms with Crippen LogP contribution in [0.15, 0.2) is 53.0 Å². The molecule has 0 saturated heterocycles. The highest BCUT2D eigenvalue weighted by Gasteiger charge is 2.11. The molecule has 1 amide bonds. The van der Waals surface area contributed by atoms with Gasteiger partial charge in [-0.05, 0) is 42.5 Å². The maximum absolute atomic E-state index is 12.4. The third kappa shape index (κ3) is 3.70. The molecular weight excluding hydrogens is 410 g/mol. The highest BCUT2D eigenvalue weighted by Crippen LogP contribution is 2.21. The fraction of sp³-hybridized carbons (Fsp3) is 0.105. The highest BCUT2D eigenvalue weighted by molar-refractivity contribution is 9.10. The lowest BCUT2D eigenvalue weighted by Crippen LogP contribution is -2.23. The molecule has 4 rings (SSSR count). The molecule has 2 aromatic heterocycles. The zero-order chi connectivity index (χ0) is 18.8. The van der Waals surface area contributed by atoms with Crippen LogP contribution in [0.25, 0.3) is 22.3 Å². The van der Waals surface area contributed by atoms with Crippen molar-refractivity contribution in [1.82, 2.24) is 25.5 Å². The molecule has 7 nitrogen and oxygen atoms in total. The van der Waals surface area contributed by atoms with Crippen molar-refractivity contribution in [2.24, 2.45) is 0 Å². The predicted octanol–water partition coefficient (Wildman–Crippen LogP) is 3.65. The number of ether oxygens (including phenoxy) is 1. The van der Waals surface area contributed by atoms with Gasteiger partial charge in [-0.1, -0.05) is 22.0 Å². The van der Waals surface area contributed by atoms with Crippen LogP contribution in [0.5, 0.6) is 5.75 Å². The van der Waals surface area contributed by atoms with Crippen LogP contribution >= 0.6 is 15.9 Å². The Hall–Kier alpha value is -3.13. The van der Waals surface area contributed by atoms with Gasteiger partial charge in [0.25, 0.3) is 5.91 Å². The first-order valence-corrected chi connectivity index (χ1v) is 9.04. The Balaban J connectivity index is 1.43. The van der Waals surface area contributed by atoms with Crippen LogP contribution in [-0.4, -0.2) is 33.2 Å². The Morgan fingerprint density at radius 1 is 1.19 bits per heavy atom. The van der Waals surface area contributed by atoms with Crippen molar-refractivity contribution in [3.63, 3.8) is 0 Å². The molecule has 8 heteroatoms. The van der Waals surface area contributed by atoms with Crippen LogP contribution in [0.4, 0.5) is 0 Å². The van der Waals surface area contributed by atoms with Crippen molar-refractivity contribution in [2.45, 2.75) is 6.54 Å². The normalized spacial score (nSPS) is 10.9. The Kier molecular flexibility index (Phi) is 4.64. The average molecular weight is 426 g/mol. The second kappa shape index (κ2) is 7.24. The fourth-order valence-electron chi connectivity index (χ4n) is 2.72. The Labute approximate surface area is 163 Å². The third-order valence-corrected chi connectivity index (χ3v) is 4.62. The predicted molar refractivity (Wildman–Crippen MR) is 106 cm³/mol. The van der Waals surface area contributed by atoms with Crippen LogP contribution in [0.2, 0.25) is 0 Å². The second-order valence-electron chi connectivity index (χ2n) is 5.93. The van der Waals surface area contributed by atoms with E-state index in [0.717, 1.165) is 26.7 Å². The number of rotatable bonds is 5. The van der Waals surface area contributed by atoms with Crippen molar-refractivity contribution in [3.05, 3.63) is 64.5 Å². The van der Waals surface area contributed by atoms with Gasteiger partial charge in [0.05, 0.1) is 13.7 Å². The quantitative estimate of drug-likeness (QED) is 0.454. The number of fused-ring (bicyclic) bond motifs is 1. The number of nitrogens with zero attached hydrogens (tertiary/aromatic N) is 2. The standard InChI is InChI=1S/C19H16BrN5O2/c1-27-14-6-3-11(4-7-14)18-23-17(24-25-18)10-21-19(26)16-8-12-2-5-13(20)9-15(12)22-16/h2-9,22H,10H2,1H3,(H,21,26)(H,23,24,25). The Morgan fingerprint density at radius 3 is 2.78 bits per heavy atom. The van der Waals surface area contributed by atoms with Gasteiger partial charge in [-0.3, -0.25) is 9.89 Å². The molecule has 0 bridgehead atoms. The Morgan fingerprint density at radius 2 is 2.00 bits per heavy atom. The number of halogens is 1. The summed E-state index contributed by atoms with van der Waals surface area (Å²) in [5.41, 5.74) is 2.26. The van der Waals surface area contributed by atoms with Gasteiger partial charge >= 0.3 is 0 Å². The lowest BCUT2D eigenvalue weighted by Gasteiger charge is -2.00. The lowest BCUT2D eigenvalue weighted by molar-refractivity contribution is 0.0946. The van der Waals surface area contributed by atoms with Crippen LogP contribution in [0.3, 0.4) is 0 Å². The molecule has 0 saturated carbocycles. The second-order valence-corrected chi connectivity index (χ2v) is 6.85. The average Bonchev–Trinajstić information content (AvgIpc) is 3.33. The molecule has 0 spiro atoms. The van der Waals surface area contributed by atoms with E-state index in [-0.39, 0.29) is 12.5 Å². The van der Waals surface area contributed by atoms with Crippen LogP contribution in [0, 0.1) is 0 Å². The monoisotopic (exact) mass is 425 g/mol. The summed E-state index contributed by atoms with van der Waals surface area (Å²) >= 11 is 3.42. The zero-order valence-corrected chi connectivity index (χ0v) is 16.0. The first-order chi connectivity index (χ1) is 13.1. The first-order valence-electron chi connectivity index (χ1n) is 8.24. The van der Waals surface area contributed by atoms with Crippen molar-refractivity contribution in [2.75, 3.05) is 7.11 Å². The molecule has 136 valence electrons. The Bertz CT molecular complexity index is 1100. The summed E-state index contributed by atoms with van der Waals surface area (Å²) < 4.78 is 6.10. The minimum atomic E-state index is -0.204. The summed E-state index contributed by atoms with van der Waals surface area (Å²) in [5.74, 6) is 1.71. The molecule has 0 fully saturated rings. The molecule has 0 aliphatic carbocycles. The number of hydrogen-bond donors (Lipinski definition) is 3. The molecule has 4 aromatic rings. The molecular formula is C19H16BrN5O2. The topological polar surface area (TPSA) is 95.7 Å².